The fourth-order valence-corrected chi connectivity index (χ4v) is 11.3. The summed E-state index contributed by atoms with van der Waals surface area (Å²) in [5.41, 5.74) is 10.5. The first-order valence-electron chi connectivity index (χ1n) is 16.7. The van der Waals surface area contributed by atoms with Crippen LogP contribution in [-0.4, -0.2) is 4.98 Å². The van der Waals surface area contributed by atoms with Gasteiger partial charge in [-0.15, -0.1) is 45.3 Å². The van der Waals surface area contributed by atoms with Gasteiger partial charge in [0, 0.05) is 50.9 Å². The van der Waals surface area contributed by atoms with Crippen LogP contribution in [0.25, 0.3) is 96.6 Å². The standard InChI is InChI=1S/C45H27NS4/c1-3-41(47-19-1)43-16-11-31(49-43)10-5-26-6-12-33-27(21-26)8-15-35-38-24-30-23-37-32-13-9-29(40-17-18-44(50-40)42-4-2-20-48-42)22-28(32)7-14-34(37)36(30)25-39(38)46-45(33)35/h1-22,24-25,46H,23H2/b10-5+. The summed E-state index contributed by atoms with van der Waals surface area (Å²) >= 11 is 7.32. The second-order valence-corrected chi connectivity index (χ2v) is 17.1. The molecule has 0 amide bonds. The molecular weight excluding hydrogens is 683 g/mol. The lowest BCUT2D eigenvalue weighted by atomic mass is 9.97. The van der Waals surface area contributed by atoms with Crippen LogP contribution in [0.3, 0.4) is 0 Å². The largest absolute Gasteiger partial charge is 0.354 e. The molecule has 0 atom stereocenters. The third-order valence-electron chi connectivity index (χ3n) is 10.1. The van der Waals surface area contributed by atoms with Crippen molar-refractivity contribution in [3.05, 3.63) is 154 Å². The Morgan fingerprint density at radius 2 is 1.28 bits per heavy atom. The maximum absolute atomic E-state index is 3.84. The molecule has 0 spiro atoms. The van der Waals surface area contributed by atoms with E-state index >= 15 is 0 Å². The fourth-order valence-electron chi connectivity index (χ4n) is 7.71. The summed E-state index contributed by atoms with van der Waals surface area (Å²) in [6.45, 7) is 0. The zero-order valence-corrected chi connectivity index (χ0v) is 30.0. The second-order valence-electron chi connectivity index (χ2n) is 13.0. The number of H-pyrrole nitrogens is 1. The minimum absolute atomic E-state index is 0.966. The quantitative estimate of drug-likeness (QED) is 0.183. The maximum atomic E-state index is 3.84. The van der Waals surface area contributed by atoms with Crippen molar-refractivity contribution >= 4 is 101 Å². The first-order chi connectivity index (χ1) is 24.7. The Bertz CT molecular complexity index is 2950. The third kappa shape index (κ3) is 4.62. The number of rotatable bonds is 5. The average molecular weight is 710 g/mol. The van der Waals surface area contributed by atoms with Gasteiger partial charge in [-0.1, -0.05) is 66.7 Å². The van der Waals surface area contributed by atoms with Gasteiger partial charge in [0.2, 0.25) is 0 Å². The molecule has 236 valence electrons. The van der Waals surface area contributed by atoms with E-state index in [4.69, 9.17) is 0 Å². The molecule has 1 nitrogen and oxygen atoms in total. The summed E-state index contributed by atoms with van der Waals surface area (Å²) in [4.78, 5) is 11.8. The van der Waals surface area contributed by atoms with Crippen molar-refractivity contribution in [3.8, 4) is 41.1 Å². The molecule has 1 aliphatic rings. The van der Waals surface area contributed by atoms with E-state index in [1.165, 1.54) is 106 Å². The van der Waals surface area contributed by atoms with Crippen LogP contribution in [0.2, 0.25) is 0 Å². The van der Waals surface area contributed by atoms with Gasteiger partial charge in [0.15, 0.2) is 0 Å². The van der Waals surface area contributed by atoms with Crippen molar-refractivity contribution in [2.24, 2.45) is 0 Å². The Hall–Kier alpha value is -5.04. The van der Waals surface area contributed by atoms with Gasteiger partial charge < -0.3 is 4.98 Å². The number of benzene rings is 5. The van der Waals surface area contributed by atoms with Gasteiger partial charge in [-0.3, -0.25) is 0 Å². The Morgan fingerprint density at radius 1 is 0.520 bits per heavy atom. The highest BCUT2D eigenvalue weighted by atomic mass is 32.1. The molecule has 5 heterocycles. The van der Waals surface area contributed by atoms with E-state index in [9.17, 15) is 0 Å². The smallest absolute Gasteiger partial charge is 0.0544 e. The molecular formula is C45H27NS4. The van der Waals surface area contributed by atoms with E-state index in [1.807, 2.05) is 22.7 Å². The van der Waals surface area contributed by atoms with Crippen LogP contribution < -0.4 is 0 Å². The molecule has 50 heavy (non-hydrogen) atoms. The SMILES string of the molecule is C(=C\c1ccc(-c2cccs2)s1)/c1ccc2c(ccc3c4cc5c(cc4[nH]c23)-c2ccc3cc(-c4ccc(-c6cccs6)s4)ccc3c2C5)c1. The second kappa shape index (κ2) is 11.2. The molecule has 5 aromatic heterocycles. The first kappa shape index (κ1) is 28.8. The van der Waals surface area contributed by atoms with Crippen LogP contribution in [0.15, 0.2) is 132 Å². The molecule has 0 aliphatic heterocycles. The summed E-state index contributed by atoms with van der Waals surface area (Å²) in [6, 6.07) is 45.5. The summed E-state index contributed by atoms with van der Waals surface area (Å²) < 4.78 is 0. The van der Waals surface area contributed by atoms with Gasteiger partial charge in [0.25, 0.3) is 0 Å². The van der Waals surface area contributed by atoms with Crippen LogP contribution in [0.4, 0.5) is 0 Å². The number of hydrogen-bond acceptors (Lipinski definition) is 4. The van der Waals surface area contributed by atoms with Crippen LogP contribution >= 0.6 is 45.3 Å². The summed E-state index contributed by atoms with van der Waals surface area (Å²) in [5.74, 6) is 0. The van der Waals surface area contributed by atoms with Crippen molar-refractivity contribution < 1.29 is 0 Å². The number of aromatic amines is 1. The maximum Gasteiger partial charge on any atom is 0.0544 e. The van der Waals surface area contributed by atoms with E-state index in [0.29, 0.717) is 0 Å². The van der Waals surface area contributed by atoms with E-state index in [1.54, 1.807) is 22.7 Å². The third-order valence-corrected chi connectivity index (χ3v) is 14.4. The molecule has 0 bridgehead atoms. The van der Waals surface area contributed by atoms with Gasteiger partial charge in [-0.05, 0) is 133 Å². The van der Waals surface area contributed by atoms with Gasteiger partial charge in [-0.2, -0.15) is 0 Å². The van der Waals surface area contributed by atoms with Crippen molar-refractivity contribution in [2.45, 2.75) is 6.42 Å². The number of thiophene rings is 4. The Morgan fingerprint density at radius 3 is 2.14 bits per heavy atom. The van der Waals surface area contributed by atoms with Crippen molar-refractivity contribution in [2.75, 3.05) is 0 Å². The number of nitrogens with one attached hydrogen (secondary N) is 1. The zero-order valence-electron chi connectivity index (χ0n) is 26.7. The van der Waals surface area contributed by atoms with E-state index < -0.39 is 0 Å². The Kier molecular flexibility index (Phi) is 6.47. The highest BCUT2D eigenvalue weighted by Crippen LogP contribution is 2.45. The lowest BCUT2D eigenvalue weighted by molar-refractivity contribution is 1.29. The minimum atomic E-state index is 0.966. The molecule has 1 aliphatic carbocycles. The molecule has 0 radical (unpaired) electrons. The first-order valence-corrected chi connectivity index (χ1v) is 20.1. The molecule has 11 rings (SSSR count). The lowest BCUT2D eigenvalue weighted by Gasteiger charge is -2.08. The predicted octanol–water partition coefficient (Wildman–Crippen LogP) is 14.6. The highest BCUT2D eigenvalue weighted by molar-refractivity contribution is 7.23. The van der Waals surface area contributed by atoms with Crippen LogP contribution in [0.1, 0.15) is 21.6 Å². The molecule has 10 aromatic rings. The van der Waals surface area contributed by atoms with Gasteiger partial charge in [-0.25, -0.2) is 0 Å². The summed E-state index contributed by atoms with van der Waals surface area (Å²) in [5, 5.41) is 12.1. The van der Waals surface area contributed by atoms with E-state index in [0.717, 1.165) is 6.42 Å². The molecule has 5 aromatic carbocycles. The van der Waals surface area contributed by atoms with Gasteiger partial charge >= 0.3 is 0 Å². The highest BCUT2D eigenvalue weighted by Gasteiger charge is 2.23. The normalized spacial score (nSPS) is 12.6. The number of fused-ring (bicyclic) bond motifs is 10. The van der Waals surface area contributed by atoms with Crippen molar-refractivity contribution in [1.29, 1.82) is 0 Å². The minimum Gasteiger partial charge on any atom is -0.354 e. The van der Waals surface area contributed by atoms with Crippen molar-refractivity contribution in [1.82, 2.24) is 4.98 Å². The van der Waals surface area contributed by atoms with Gasteiger partial charge in [0.05, 0.1) is 5.52 Å². The molecule has 0 saturated heterocycles. The Labute approximate surface area is 305 Å². The summed E-state index contributed by atoms with van der Waals surface area (Å²) in [7, 11) is 0. The monoisotopic (exact) mass is 709 g/mol. The molecule has 1 N–H and O–H groups in total. The Balaban J connectivity index is 0.919. The van der Waals surface area contributed by atoms with Crippen LogP contribution in [0, 0.1) is 0 Å². The molecule has 0 fully saturated rings. The van der Waals surface area contributed by atoms with Crippen LogP contribution in [-0.2, 0) is 6.42 Å². The molecule has 0 unspecified atom stereocenters. The number of aromatic nitrogens is 1. The van der Waals surface area contributed by atoms with Gasteiger partial charge in [0.1, 0.15) is 0 Å². The fraction of sp³-hybridized carbons (Fsp3) is 0.0222. The lowest BCUT2D eigenvalue weighted by Crippen LogP contribution is -1.85. The topological polar surface area (TPSA) is 15.8 Å². The zero-order chi connectivity index (χ0) is 32.8. The average Bonchev–Trinajstić information content (AvgIpc) is 4.00. The summed E-state index contributed by atoms with van der Waals surface area (Å²) in [6.07, 6.45) is 5.43. The van der Waals surface area contributed by atoms with Crippen molar-refractivity contribution in [3.63, 3.8) is 0 Å². The predicted molar refractivity (Wildman–Crippen MR) is 222 cm³/mol. The molecule has 0 saturated carbocycles. The molecule has 5 heteroatoms. The number of hydrogen-bond donors (Lipinski definition) is 1. The van der Waals surface area contributed by atoms with Crippen LogP contribution in [0.5, 0.6) is 0 Å². The van der Waals surface area contributed by atoms with E-state index in [2.05, 4.69) is 149 Å². The van der Waals surface area contributed by atoms with E-state index in [-0.39, 0.29) is 0 Å².